The van der Waals surface area contributed by atoms with Gasteiger partial charge in [-0.2, -0.15) is 16.7 Å². The largest absolute Gasteiger partial charge is 2.00 e. The smallest absolute Gasteiger partial charge is 0.509 e. The van der Waals surface area contributed by atoms with Crippen LogP contribution in [0.25, 0.3) is 44.4 Å². The van der Waals surface area contributed by atoms with Crippen molar-refractivity contribution in [1.29, 1.82) is 0 Å². The molecule has 0 saturated carbocycles. The number of aryl methyl sites for hydroxylation is 6. The van der Waals surface area contributed by atoms with E-state index in [0.29, 0.717) is 11.5 Å². The van der Waals surface area contributed by atoms with Gasteiger partial charge in [-0.05, 0) is 92.1 Å². The molecule has 49 heavy (non-hydrogen) atoms. The topological polar surface area (TPSA) is 44.9 Å². The Morgan fingerprint density at radius 3 is 2.16 bits per heavy atom. The Morgan fingerprint density at radius 1 is 0.694 bits per heavy atom. The molecular formula is C43H42N4OPd. The molecule has 0 atom stereocenters. The minimum Gasteiger partial charge on any atom is -0.509 e. The molecule has 5 nitrogen and oxygen atoms in total. The summed E-state index contributed by atoms with van der Waals surface area (Å²) in [5.74, 6) is 2.12. The molecule has 0 unspecified atom stereocenters. The predicted molar refractivity (Wildman–Crippen MR) is 197 cm³/mol. The van der Waals surface area contributed by atoms with Crippen molar-refractivity contribution < 1.29 is 25.2 Å². The second-order valence-corrected chi connectivity index (χ2v) is 13.1. The molecule has 0 spiro atoms. The monoisotopic (exact) mass is 736 g/mol. The molecule has 3 heterocycles. The van der Waals surface area contributed by atoms with Crippen LogP contribution in [-0.2, 0) is 33.3 Å². The van der Waals surface area contributed by atoms with E-state index in [0.717, 1.165) is 75.8 Å². The van der Waals surface area contributed by atoms with Crippen molar-refractivity contribution in [3.05, 3.63) is 130 Å². The van der Waals surface area contributed by atoms with Crippen molar-refractivity contribution in [1.82, 2.24) is 19.3 Å². The van der Waals surface area contributed by atoms with E-state index in [1.165, 1.54) is 33.5 Å². The third kappa shape index (κ3) is 6.48. The van der Waals surface area contributed by atoms with Gasteiger partial charge in [-0.25, -0.2) is 4.98 Å². The SMILES string of the molecule is CCCc1nn(-c2[c-]c(Oc3[c-]c4c(cc3)c3ccccc3n4-c3cc(C)ccn3)cc(C)c2)c(CCC)c1-c1c(C)cc(C)cc1C.[Pd+2]. The zero-order chi connectivity index (χ0) is 33.5. The summed E-state index contributed by atoms with van der Waals surface area (Å²) in [4.78, 5) is 4.72. The van der Waals surface area contributed by atoms with Crippen LogP contribution in [0, 0.1) is 46.8 Å². The molecule has 0 aliphatic carbocycles. The maximum atomic E-state index is 6.57. The summed E-state index contributed by atoms with van der Waals surface area (Å²) >= 11 is 0. The van der Waals surface area contributed by atoms with Crippen molar-refractivity contribution in [3.8, 4) is 34.1 Å². The number of fused-ring (bicyclic) bond motifs is 3. The van der Waals surface area contributed by atoms with Gasteiger partial charge in [-0.3, -0.25) is 4.68 Å². The van der Waals surface area contributed by atoms with E-state index in [2.05, 4.69) is 124 Å². The quantitative estimate of drug-likeness (QED) is 0.109. The molecule has 0 fully saturated rings. The van der Waals surface area contributed by atoms with E-state index < -0.39 is 0 Å². The summed E-state index contributed by atoms with van der Waals surface area (Å²) in [5.41, 5.74) is 14.0. The van der Waals surface area contributed by atoms with Gasteiger partial charge < -0.3 is 9.30 Å². The van der Waals surface area contributed by atoms with Gasteiger partial charge in [0.15, 0.2) is 0 Å². The van der Waals surface area contributed by atoms with Gasteiger partial charge in [0, 0.05) is 34.5 Å². The number of hydrogen-bond donors (Lipinski definition) is 0. The molecule has 6 heteroatoms. The van der Waals surface area contributed by atoms with Crippen LogP contribution in [-0.4, -0.2) is 19.3 Å². The number of ether oxygens (including phenoxy) is 1. The molecule has 3 aromatic heterocycles. The zero-order valence-corrected chi connectivity index (χ0v) is 30.9. The van der Waals surface area contributed by atoms with Crippen molar-refractivity contribution in [2.75, 3.05) is 0 Å². The Bertz CT molecular complexity index is 2290. The van der Waals surface area contributed by atoms with Crippen molar-refractivity contribution in [2.24, 2.45) is 0 Å². The maximum Gasteiger partial charge on any atom is 2.00 e. The van der Waals surface area contributed by atoms with Gasteiger partial charge in [-0.1, -0.05) is 75.0 Å². The minimum absolute atomic E-state index is 0. The Kier molecular flexibility index (Phi) is 9.93. The molecule has 0 radical (unpaired) electrons. The number of hydrogen-bond acceptors (Lipinski definition) is 3. The molecule has 0 N–H and O–H groups in total. The average Bonchev–Trinajstić information content (AvgIpc) is 3.56. The van der Waals surface area contributed by atoms with E-state index in [1.807, 2.05) is 24.4 Å². The van der Waals surface area contributed by atoms with Gasteiger partial charge in [0.2, 0.25) is 0 Å². The predicted octanol–water partition coefficient (Wildman–Crippen LogP) is 10.9. The van der Waals surface area contributed by atoms with E-state index in [-0.39, 0.29) is 20.4 Å². The molecule has 7 aromatic rings. The first-order chi connectivity index (χ1) is 23.2. The van der Waals surface area contributed by atoms with Gasteiger partial charge >= 0.3 is 20.4 Å². The fourth-order valence-corrected chi connectivity index (χ4v) is 7.21. The standard InChI is InChI=1S/C43H42N4O.Pd/c1-8-12-37-43(42-30(6)20-28(4)21-31(42)7)39(13-9-2)47(45-37)32-22-29(5)23-34(25-32)48-33-16-17-36-35-14-10-11-15-38(35)46(40(36)26-33)41-24-27(3)18-19-44-41;/h10-11,14-24H,8-9,12-13H2,1-7H3;/q-2;+2. The first-order valence-corrected chi connectivity index (χ1v) is 17.0. The molecular weight excluding hydrogens is 695 g/mol. The van der Waals surface area contributed by atoms with Crippen LogP contribution in [0.4, 0.5) is 0 Å². The summed E-state index contributed by atoms with van der Waals surface area (Å²) in [6.07, 6.45) is 5.73. The van der Waals surface area contributed by atoms with E-state index in [9.17, 15) is 0 Å². The maximum absolute atomic E-state index is 6.57. The van der Waals surface area contributed by atoms with Crippen LogP contribution in [0.2, 0.25) is 0 Å². The van der Waals surface area contributed by atoms with Gasteiger partial charge in [0.05, 0.1) is 5.69 Å². The third-order valence-electron chi connectivity index (χ3n) is 9.06. The van der Waals surface area contributed by atoms with Crippen LogP contribution in [0.15, 0.2) is 79.0 Å². The number of benzene rings is 4. The van der Waals surface area contributed by atoms with Crippen LogP contribution < -0.4 is 4.74 Å². The molecule has 0 aliphatic rings. The first-order valence-electron chi connectivity index (χ1n) is 17.0. The molecule has 0 amide bonds. The Labute approximate surface area is 303 Å². The number of nitrogens with zero attached hydrogens (tertiary/aromatic N) is 4. The van der Waals surface area contributed by atoms with Gasteiger partial charge in [0.1, 0.15) is 5.82 Å². The number of para-hydroxylation sites is 1. The van der Waals surface area contributed by atoms with E-state index in [4.69, 9.17) is 14.8 Å². The van der Waals surface area contributed by atoms with E-state index in [1.54, 1.807) is 0 Å². The molecule has 4 aromatic carbocycles. The number of aromatic nitrogens is 4. The van der Waals surface area contributed by atoms with E-state index >= 15 is 0 Å². The Hall–Kier alpha value is -4.50. The average molecular weight is 737 g/mol. The first kappa shape index (κ1) is 34.4. The summed E-state index contributed by atoms with van der Waals surface area (Å²) in [6, 6.07) is 32.6. The van der Waals surface area contributed by atoms with Crippen LogP contribution >= 0.6 is 0 Å². The van der Waals surface area contributed by atoms with Crippen molar-refractivity contribution in [3.63, 3.8) is 0 Å². The van der Waals surface area contributed by atoms with Crippen molar-refractivity contribution in [2.45, 2.75) is 74.1 Å². The summed E-state index contributed by atoms with van der Waals surface area (Å²) in [6.45, 7) is 15.3. The summed E-state index contributed by atoms with van der Waals surface area (Å²) in [7, 11) is 0. The van der Waals surface area contributed by atoms with Crippen molar-refractivity contribution >= 4 is 21.8 Å². The summed E-state index contributed by atoms with van der Waals surface area (Å²) in [5, 5.41) is 7.55. The second-order valence-electron chi connectivity index (χ2n) is 13.1. The fourth-order valence-electron chi connectivity index (χ4n) is 7.21. The number of rotatable bonds is 9. The van der Waals surface area contributed by atoms with Gasteiger partial charge in [0.25, 0.3) is 0 Å². The zero-order valence-electron chi connectivity index (χ0n) is 29.3. The normalized spacial score (nSPS) is 11.3. The number of pyridine rings is 1. The van der Waals surface area contributed by atoms with Gasteiger partial charge in [-0.15, -0.1) is 35.7 Å². The molecule has 250 valence electrons. The third-order valence-corrected chi connectivity index (χ3v) is 9.06. The van der Waals surface area contributed by atoms with Crippen LogP contribution in [0.3, 0.4) is 0 Å². The molecule has 0 aliphatic heterocycles. The second kappa shape index (κ2) is 14.2. The summed E-state index contributed by atoms with van der Waals surface area (Å²) < 4.78 is 10.9. The Balaban J connectivity index is 0.00000417. The van der Waals surface area contributed by atoms with Crippen LogP contribution in [0.5, 0.6) is 11.5 Å². The molecule has 0 saturated heterocycles. The van der Waals surface area contributed by atoms with Crippen LogP contribution in [0.1, 0.15) is 65.9 Å². The molecule has 7 rings (SSSR count). The molecule has 0 bridgehead atoms. The fraction of sp³-hybridized carbons (Fsp3) is 0.256. The Morgan fingerprint density at radius 2 is 1.43 bits per heavy atom. The minimum atomic E-state index is 0.